The maximum absolute atomic E-state index is 2.45. The van der Waals surface area contributed by atoms with Gasteiger partial charge in [0.1, 0.15) is 0 Å². The van der Waals surface area contributed by atoms with Crippen LogP contribution in [0.1, 0.15) is 25.0 Å². The number of benzene rings is 10. The third kappa shape index (κ3) is 5.39. The molecule has 0 saturated heterocycles. The monoisotopic (exact) mass is 739 g/mol. The van der Waals surface area contributed by atoms with Gasteiger partial charge in [-0.3, -0.25) is 0 Å². The Morgan fingerprint density at radius 3 is 1.47 bits per heavy atom. The summed E-state index contributed by atoms with van der Waals surface area (Å²) < 4.78 is 0. The van der Waals surface area contributed by atoms with Gasteiger partial charge in [-0.2, -0.15) is 0 Å². The zero-order valence-electron chi connectivity index (χ0n) is 32.7. The van der Waals surface area contributed by atoms with Gasteiger partial charge in [0.2, 0.25) is 0 Å². The van der Waals surface area contributed by atoms with Crippen LogP contribution < -0.4 is 4.90 Å². The third-order valence-electron chi connectivity index (χ3n) is 12.4. The van der Waals surface area contributed by atoms with Crippen LogP contribution in [-0.2, 0) is 5.41 Å². The van der Waals surface area contributed by atoms with E-state index in [0.717, 1.165) is 17.1 Å². The molecule has 0 radical (unpaired) electrons. The second kappa shape index (κ2) is 13.5. The van der Waals surface area contributed by atoms with Gasteiger partial charge in [0, 0.05) is 22.4 Å². The number of rotatable bonds is 6. The van der Waals surface area contributed by atoms with Crippen molar-refractivity contribution >= 4 is 49.4 Å². The van der Waals surface area contributed by atoms with E-state index < -0.39 is 0 Å². The van der Waals surface area contributed by atoms with Crippen molar-refractivity contribution in [1.29, 1.82) is 0 Å². The van der Waals surface area contributed by atoms with Crippen LogP contribution >= 0.6 is 0 Å². The van der Waals surface area contributed by atoms with Gasteiger partial charge in [-0.05, 0) is 125 Å². The average molecular weight is 740 g/mol. The number of para-hydroxylation sites is 1. The van der Waals surface area contributed by atoms with Gasteiger partial charge in [-0.1, -0.05) is 184 Å². The predicted octanol–water partition coefficient (Wildman–Crippen LogP) is 15.9. The maximum Gasteiger partial charge on any atom is 0.0540 e. The van der Waals surface area contributed by atoms with Crippen molar-refractivity contribution in [3.63, 3.8) is 0 Å². The number of hydrogen-bond donors (Lipinski definition) is 0. The molecule has 1 aliphatic rings. The van der Waals surface area contributed by atoms with Crippen molar-refractivity contribution < 1.29 is 0 Å². The van der Waals surface area contributed by atoms with Crippen LogP contribution in [0.2, 0.25) is 0 Å². The maximum atomic E-state index is 2.45. The molecule has 0 amide bonds. The SMILES string of the molecule is CC1(C)c2ccccc2-c2cc(N(c3ccc(-c4cc5ccccc5c5c4c(-c4ccccc4)cc4ccccc45)cc3)c3ccccc3-c3ccccc3)ccc21. The first-order valence-electron chi connectivity index (χ1n) is 20.3. The van der Waals surface area contributed by atoms with Crippen LogP contribution in [0.25, 0.3) is 76.8 Å². The Hall–Kier alpha value is -7.22. The highest BCUT2D eigenvalue weighted by molar-refractivity contribution is 6.28. The van der Waals surface area contributed by atoms with Crippen LogP contribution in [0.4, 0.5) is 17.1 Å². The Morgan fingerprint density at radius 2 is 0.810 bits per heavy atom. The lowest BCUT2D eigenvalue weighted by Gasteiger charge is -2.29. The Balaban J connectivity index is 1.14. The Kier molecular flexibility index (Phi) is 7.91. The van der Waals surface area contributed by atoms with E-state index in [0.29, 0.717) is 0 Å². The molecule has 11 rings (SSSR count). The zero-order chi connectivity index (χ0) is 38.8. The smallest absolute Gasteiger partial charge is 0.0540 e. The lowest BCUT2D eigenvalue weighted by Crippen LogP contribution is -2.15. The van der Waals surface area contributed by atoms with Gasteiger partial charge in [0.15, 0.2) is 0 Å². The second-order valence-electron chi connectivity index (χ2n) is 16.1. The summed E-state index contributed by atoms with van der Waals surface area (Å²) in [7, 11) is 0. The molecular formula is C57H41N. The van der Waals surface area contributed by atoms with Gasteiger partial charge in [0.25, 0.3) is 0 Å². The third-order valence-corrected chi connectivity index (χ3v) is 12.4. The van der Waals surface area contributed by atoms with E-state index in [1.807, 2.05) is 0 Å². The number of fused-ring (bicyclic) bond motifs is 8. The summed E-state index contributed by atoms with van der Waals surface area (Å²) in [6.07, 6.45) is 0. The van der Waals surface area contributed by atoms with Crippen LogP contribution in [0.3, 0.4) is 0 Å². The summed E-state index contributed by atoms with van der Waals surface area (Å²) in [6.45, 7) is 4.70. The van der Waals surface area contributed by atoms with Crippen molar-refractivity contribution in [1.82, 2.24) is 0 Å². The van der Waals surface area contributed by atoms with Crippen LogP contribution in [-0.4, -0.2) is 0 Å². The minimum Gasteiger partial charge on any atom is -0.310 e. The van der Waals surface area contributed by atoms with Crippen LogP contribution in [0.15, 0.2) is 212 Å². The van der Waals surface area contributed by atoms with E-state index in [1.165, 1.54) is 88.0 Å². The molecule has 0 N–H and O–H groups in total. The fourth-order valence-corrected chi connectivity index (χ4v) is 9.65. The van der Waals surface area contributed by atoms with E-state index in [1.54, 1.807) is 0 Å². The topological polar surface area (TPSA) is 3.24 Å². The fraction of sp³-hybridized carbons (Fsp3) is 0.0526. The largest absolute Gasteiger partial charge is 0.310 e. The molecule has 274 valence electrons. The summed E-state index contributed by atoms with van der Waals surface area (Å²) in [5.41, 5.74) is 16.0. The zero-order valence-corrected chi connectivity index (χ0v) is 32.7. The first kappa shape index (κ1) is 34.1. The van der Waals surface area contributed by atoms with E-state index >= 15 is 0 Å². The molecule has 0 saturated carbocycles. The van der Waals surface area contributed by atoms with E-state index in [4.69, 9.17) is 0 Å². The van der Waals surface area contributed by atoms with Crippen molar-refractivity contribution in [3.8, 4) is 44.5 Å². The van der Waals surface area contributed by atoms with E-state index in [9.17, 15) is 0 Å². The van der Waals surface area contributed by atoms with Gasteiger partial charge in [-0.15, -0.1) is 0 Å². The van der Waals surface area contributed by atoms with Crippen molar-refractivity contribution in [2.45, 2.75) is 19.3 Å². The Bertz CT molecular complexity index is 3160. The minimum atomic E-state index is -0.0640. The average Bonchev–Trinajstić information content (AvgIpc) is 3.52. The predicted molar refractivity (Wildman–Crippen MR) is 248 cm³/mol. The highest BCUT2D eigenvalue weighted by Gasteiger charge is 2.35. The Labute approximate surface area is 340 Å². The van der Waals surface area contributed by atoms with Crippen LogP contribution in [0.5, 0.6) is 0 Å². The van der Waals surface area contributed by atoms with Gasteiger partial charge in [0.05, 0.1) is 5.69 Å². The molecule has 1 nitrogen and oxygen atoms in total. The molecule has 1 aliphatic carbocycles. The highest BCUT2D eigenvalue weighted by Crippen LogP contribution is 2.52. The highest BCUT2D eigenvalue weighted by atomic mass is 15.1. The summed E-state index contributed by atoms with van der Waals surface area (Å²) in [5, 5.41) is 7.62. The molecular weight excluding hydrogens is 699 g/mol. The second-order valence-corrected chi connectivity index (χ2v) is 16.1. The molecule has 1 heteroatoms. The fourth-order valence-electron chi connectivity index (χ4n) is 9.65. The number of anilines is 3. The molecule has 58 heavy (non-hydrogen) atoms. The molecule has 10 aromatic rings. The molecule has 0 fully saturated rings. The molecule has 0 bridgehead atoms. The van der Waals surface area contributed by atoms with Gasteiger partial charge in [-0.25, -0.2) is 0 Å². The first-order valence-corrected chi connectivity index (χ1v) is 20.3. The van der Waals surface area contributed by atoms with Crippen molar-refractivity contribution in [3.05, 3.63) is 223 Å². The summed E-state index contributed by atoms with van der Waals surface area (Å²) in [5.74, 6) is 0. The summed E-state index contributed by atoms with van der Waals surface area (Å²) in [4.78, 5) is 2.45. The molecule has 10 aromatic carbocycles. The standard InChI is InChI=1S/C57H41N/c1-57(2)52-27-15-13-26-48(52)51-37-44(33-34-53(51)57)58(54-28-16-14-23-45(54)38-17-5-3-6-18-38)43-31-29-40(30-32-43)50-36-42-22-10-12-25-47(42)55-46-24-11-9-21-41(46)35-49(56(50)55)39-19-7-4-8-20-39/h3-37H,1-2H3. The molecule has 0 heterocycles. The number of nitrogens with zero attached hydrogens (tertiary/aromatic N) is 1. The molecule has 0 unspecified atom stereocenters. The number of hydrogen-bond acceptors (Lipinski definition) is 1. The van der Waals surface area contributed by atoms with Crippen molar-refractivity contribution in [2.75, 3.05) is 4.90 Å². The van der Waals surface area contributed by atoms with Gasteiger partial charge >= 0.3 is 0 Å². The molecule has 0 atom stereocenters. The van der Waals surface area contributed by atoms with Gasteiger partial charge < -0.3 is 4.90 Å². The quantitative estimate of drug-likeness (QED) is 0.154. The minimum absolute atomic E-state index is 0.0640. The molecule has 0 aromatic heterocycles. The first-order chi connectivity index (χ1) is 28.5. The van der Waals surface area contributed by atoms with Crippen LogP contribution in [0, 0.1) is 0 Å². The lowest BCUT2D eigenvalue weighted by molar-refractivity contribution is 0.660. The summed E-state index contributed by atoms with van der Waals surface area (Å²) >= 11 is 0. The van der Waals surface area contributed by atoms with E-state index in [-0.39, 0.29) is 5.41 Å². The van der Waals surface area contributed by atoms with Crippen molar-refractivity contribution in [2.24, 2.45) is 0 Å². The molecule has 0 aliphatic heterocycles. The van der Waals surface area contributed by atoms with E-state index in [2.05, 4.69) is 231 Å². The Morgan fingerprint density at radius 1 is 0.328 bits per heavy atom. The molecule has 0 spiro atoms. The normalized spacial score (nSPS) is 12.8. The lowest BCUT2D eigenvalue weighted by atomic mass is 9.82. The summed E-state index contributed by atoms with van der Waals surface area (Å²) in [6, 6.07) is 78.2.